The number of halogens is 3. The molecule has 2 unspecified atom stereocenters. The summed E-state index contributed by atoms with van der Waals surface area (Å²) in [5.74, 6) is 0.218. The van der Waals surface area contributed by atoms with Crippen LogP contribution in [0.5, 0.6) is 0 Å². The van der Waals surface area contributed by atoms with Gasteiger partial charge in [0.05, 0.1) is 18.2 Å². The zero-order valence-corrected chi connectivity index (χ0v) is 17.8. The van der Waals surface area contributed by atoms with Gasteiger partial charge in [-0.05, 0) is 85.5 Å². The number of aromatic amines is 1. The molecule has 2 aromatic carbocycles. The van der Waals surface area contributed by atoms with Crippen LogP contribution in [0.4, 0.5) is 13.2 Å². The van der Waals surface area contributed by atoms with Crippen LogP contribution < -0.4 is 0 Å². The van der Waals surface area contributed by atoms with E-state index in [2.05, 4.69) is 37.0 Å². The van der Waals surface area contributed by atoms with E-state index < -0.39 is 12.7 Å². The fourth-order valence-electron chi connectivity index (χ4n) is 5.07. The fourth-order valence-corrected chi connectivity index (χ4v) is 5.07. The van der Waals surface area contributed by atoms with Crippen LogP contribution in [0.2, 0.25) is 0 Å². The van der Waals surface area contributed by atoms with Crippen LogP contribution >= 0.6 is 0 Å². The van der Waals surface area contributed by atoms with Crippen LogP contribution in [0.15, 0.2) is 42.6 Å². The lowest BCUT2D eigenvalue weighted by molar-refractivity contribution is -0.149. The number of nitrogens with one attached hydrogen (secondary N) is 1. The topological polar surface area (TPSA) is 42.8 Å². The van der Waals surface area contributed by atoms with Crippen LogP contribution in [-0.2, 0) is 6.42 Å². The largest absolute Gasteiger partial charge is 0.401 e. The van der Waals surface area contributed by atoms with E-state index in [1.807, 2.05) is 18.3 Å². The van der Waals surface area contributed by atoms with E-state index in [9.17, 15) is 13.2 Å². The smallest absolute Gasteiger partial charge is 0.361 e. The summed E-state index contributed by atoms with van der Waals surface area (Å²) < 4.78 is 39.2. The second-order valence-corrected chi connectivity index (χ2v) is 8.70. The molecule has 1 aliphatic rings. The SMILES string of the molecule is Cc1cc(C)c2[nH]ccc2c1CC1CCN(CC(F)(F)F)CC1c1ccc(C#N)cc1. The number of rotatable bonds is 4. The Bertz CT molecular complexity index is 1110. The van der Waals surface area contributed by atoms with Gasteiger partial charge in [0.2, 0.25) is 0 Å². The second kappa shape index (κ2) is 8.39. The molecule has 2 atom stereocenters. The van der Waals surface area contributed by atoms with Crippen molar-refractivity contribution in [2.24, 2.45) is 5.92 Å². The molecule has 0 radical (unpaired) electrons. The first-order valence-electron chi connectivity index (χ1n) is 10.6. The average molecular weight is 425 g/mol. The average Bonchev–Trinajstić information content (AvgIpc) is 3.21. The summed E-state index contributed by atoms with van der Waals surface area (Å²) in [6.07, 6.45) is -0.720. The first-order valence-corrected chi connectivity index (χ1v) is 10.6. The van der Waals surface area contributed by atoms with E-state index in [1.54, 1.807) is 12.1 Å². The van der Waals surface area contributed by atoms with Crippen molar-refractivity contribution in [3.63, 3.8) is 0 Å². The van der Waals surface area contributed by atoms with E-state index in [0.717, 1.165) is 17.5 Å². The summed E-state index contributed by atoms with van der Waals surface area (Å²) >= 11 is 0. The molecule has 0 spiro atoms. The van der Waals surface area contributed by atoms with Crippen molar-refractivity contribution in [1.82, 2.24) is 9.88 Å². The predicted octanol–water partition coefficient (Wildman–Crippen LogP) is 5.87. The van der Waals surface area contributed by atoms with Gasteiger partial charge in [-0.1, -0.05) is 18.2 Å². The lowest BCUT2D eigenvalue weighted by Gasteiger charge is -2.39. The van der Waals surface area contributed by atoms with Crippen LogP contribution in [-0.4, -0.2) is 35.7 Å². The Morgan fingerprint density at radius 1 is 1.13 bits per heavy atom. The van der Waals surface area contributed by atoms with E-state index in [4.69, 9.17) is 5.26 Å². The first-order chi connectivity index (χ1) is 14.7. The van der Waals surface area contributed by atoms with Gasteiger partial charge in [0.25, 0.3) is 0 Å². The number of hydrogen-bond donors (Lipinski definition) is 1. The van der Waals surface area contributed by atoms with Crippen LogP contribution in [0.1, 0.15) is 40.2 Å². The Hall–Kier alpha value is -2.78. The summed E-state index contributed by atoms with van der Waals surface area (Å²) in [5, 5.41) is 10.3. The molecule has 4 rings (SSSR count). The molecule has 0 bridgehead atoms. The molecule has 162 valence electrons. The molecule has 1 aliphatic heterocycles. The third-order valence-corrected chi connectivity index (χ3v) is 6.55. The van der Waals surface area contributed by atoms with Crippen LogP contribution in [0.25, 0.3) is 10.9 Å². The van der Waals surface area contributed by atoms with Gasteiger partial charge in [-0.3, -0.25) is 4.90 Å². The summed E-state index contributed by atoms with van der Waals surface area (Å²) in [5.41, 5.74) is 6.39. The molecule has 1 N–H and O–H groups in total. The predicted molar refractivity (Wildman–Crippen MR) is 116 cm³/mol. The summed E-state index contributed by atoms with van der Waals surface area (Å²) in [4.78, 5) is 4.84. The number of piperidine rings is 1. The van der Waals surface area contributed by atoms with Crippen molar-refractivity contribution in [3.8, 4) is 6.07 Å². The van der Waals surface area contributed by atoms with Gasteiger partial charge in [-0.2, -0.15) is 18.4 Å². The van der Waals surface area contributed by atoms with E-state index in [-0.39, 0.29) is 11.8 Å². The first kappa shape index (κ1) is 21.5. The third-order valence-electron chi connectivity index (χ3n) is 6.55. The minimum absolute atomic E-state index is 0.0152. The molecule has 31 heavy (non-hydrogen) atoms. The van der Waals surface area contributed by atoms with Gasteiger partial charge in [0.1, 0.15) is 0 Å². The number of alkyl halides is 3. The molecular formula is C25H26F3N3. The maximum atomic E-state index is 13.1. The van der Waals surface area contributed by atoms with Crippen molar-refractivity contribution < 1.29 is 13.2 Å². The Kier molecular flexibility index (Phi) is 5.81. The molecule has 1 aromatic heterocycles. The van der Waals surface area contributed by atoms with E-state index >= 15 is 0 Å². The van der Waals surface area contributed by atoms with Gasteiger partial charge in [-0.25, -0.2) is 0 Å². The minimum atomic E-state index is -4.20. The molecule has 6 heteroatoms. The van der Waals surface area contributed by atoms with Crippen molar-refractivity contribution in [2.75, 3.05) is 19.6 Å². The Morgan fingerprint density at radius 3 is 2.55 bits per heavy atom. The molecule has 0 aliphatic carbocycles. The monoisotopic (exact) mass is 425 g/mol. The minimum Gasteiger partial charge on any atom is -0.361 e. The molecule has 1 fully saturated rings. The van der Waals surface area contributed by atoms with Gasteiger partial charge in [0, 0.05) is 23.6 Å². The molecule has 2 heterocycles. The Labute approximate surface area is 180 Å². The molecule has 1 saturated heterocycles. The zero-order chi connectivity index (χ0) is 22.2. The standard InChI is InChI=1S/C25H26F3N3/c1-16-11-17(2)24-21(7-9-30-24)22(16)12-20-8-10-31(15-25(26,27)28)14-23(20)19-5-3-18(13-29)4-6-19/h3-7,9,11,20,23,30H,8,10,12,14-15H2,1-2H3. The Morgan fingerprint density at radius 2 is 1.87 bits per heavy atom. The van der Waals surface area contributed by atoms with Crippen molar-refractivity contribution in [1.29, 1.82) is 5.26 Å². The maximum absolute atomic E-state index is 13.1. The van der Waals surface area contributed by atoms with Gasteiger partial charge >= 0.3 is 6.18 Å². The highest BCUT2D eigenvalue weighted by atomic mass is 19.4. The van der Waals surface area contributed by atoms with Crippen molar-refractivity contribution in [3.05, 3.63) is 70.4 Å². The summed E-state index contributed by atoms with van der Waals surface area (Å²) in [6, 6.07) is 13.7. The number of aryl methyl sites for hydroxylation is 2. The summed E-state index contributed by atoms with van der Waals surface area (Å²) in [6.45, 7) is 4.14. The lowest BCUT2D eigenvalue weighted by atomic mass is 9.76. The van der Waals surface area contributed by atoms with Crippen LogP contribution in [0, 0.1) is 31.1 Å². The highest BCUT2D eigenvalue weighted by Crippen LogP contribution is 2.38. The number of nitriles is 1. The Balaban J connectivity index is 1.66. The normalized spacial score (nSPS) is 20.1. The van der Waals surface area contributed by atoms with E-state index in [1.165, 1.54) is 27.0 Å². The van der Waals surface area contributed by atoms with E-state index in [0.29, 0.717) is 25.1 Å². The van der Waals surface area contributed by atoms with Gasteiger partial charge < -0.3 is 4.98 Å². The van der Waals surface area contributed by atoms with Gasteiger partial charge in [0.15, 0.2) is 0 Å². The van der Waals surface area contributed by atoms with Crippen LogP contribution in [0.3, 0.4) is 0 Å². The van der Waals surface area contributed by atoms with Crippen molar-refractivity contribution in [2.45, 2.75) is 38.8 Å². The molecular weight excluding hydrogens is 399 g/mol. The fraction of sp³-hybridized carbons (Fsp3) is 0.400. The molecule has 3 aromatic rings. The number of fused-ring (bicyclic) bond motifs is 1. The number of H-pyrrole nitrogens is 1. The lowest BCUT2D eigenvalue weighted by Crippen LogP contribution is -2.44. The highest BCUT2D eigenvalue weighted by molar-refractivity contribution is 5.87. The quantitative estimate of drug-likeness (QED) is 0.568. The third kappa shape index (κ3) is 4.62. The van der Waals surface area contributed by atoms with Crippen molar-refractivity contribution >= 4 is 10.9 Å². The second-order valence-electron chi connectivity index (χ2n) is 8.70. The maximum Gasteiger partial charge on any atom is 0.401 e. The molecule has 3 nitrogen and oxygen atoms in total. The molecule has 0 saturated carbocycles. The molecule has 0 amide bonds. The number of aromatic nitrogens is 1. The van der Waals surface area contributed by atoms with Gasteiger partial charge in [-0.15, -0.1) is 0 Å². The number of hydrogen-bond acceptors (Lipinski definition) is 2. The summed E-state index contributed by atoms with van der Waals surface area (Å²) in [7, 11) is 0. The number of nitrogens with zero attached hydrogens (tertiary/aromatic N) is 2. The zero-order valence-electron chi connectivity index (χ0n) is 17.8. The highest BCUT2D eigenvalue weighted by Gasteiger charge is 2.37. The number of likely N-dealkylation sites (tertiary alicyclic amines) is 1. The number of benzene rings is 2.